The molecule has 0 aromatic heterocycles. The van der Waals surface area contributed by atoms with E-state index in [2.05, 4.69) is 127 Å². The third-order valence-corrected chi connectivity index (χ3v) is 14.5. The van der Waals surface area contributed by atoms with Gasteiger partial charge in [-0.1, -0.05) is 113 Å². The molecule has 2 aliphatic carbocycles. The number of aromatic hydroxyl groups is 1. The van der Waals surface area contributed by atoms with E-state index in [1.807, 2.05) is 25.1 Å². The molecule has 3 fully saturated rings. The van der Waals surface area contributed by atoms with E-state index in [0.717, 1.165) is 93.1 Å². The molecule has 4 aromatic carbocycles. The lowest BCUT2D eigenvalue weighted by molar-refractivity contribution is -0.142. The van der Waals surface area contributed by atoms with Crippen molar-refractivity contribution in [3.8, 4) is 11.5 Å². The normalized spacial score (nSPS) is 18.3. The Balaban J connectivity index is 0.000000210. The molecule has 3 aliphatic rings. The number of carbonyl (C=O) groups is 1. The van der Waals surface area contributed by atoms with Gasteiger partial charge in [0.2, 0.25) is 0 Å². The van der Waals surface area contributed by atoms with Crippen LogP contribution in [-0.4, -0.2) is 45.2 Å². The number of aliphatic hydroxyl groups is 2. The van der Waals surface area contributed by atoms with E-state index in [-0.39, 0.29) is 22.9 Å². The number of hydrogen-bond acceptors (Lipinski definition) is 6. The minimum absolute atomic E-state index is 0.0579. The molecule has 1 saturated heterocycles. The number of phenols is 1. The Hall–Kier alpha value is -4.65. The van der Waals surface area contributed by atoms with E-state index in [1.54, 1.807) is 0 Å². The molecule has 0 radical (unpaired) electrons. The van der Waals surface area contributed by atoms with Gasteiger partial charge in [0.05, 0.1) is 11.2 Å². The maximum absolute atomic E-state index is 11.3. The Morgan fingerprint density at radius 2 is 1.07 bits per heavy atom. The number of ether oxygens (including phenoxy) is 2. The van der Waals surface area contributed by atoms with Crippen LogP contribution in [0.1, 0.15) is 160 Å². The van der Waals surface area contributed by atoms with Crippen molar-refractivity contribution < 1.29 is 29.6 Å². The summed E-state index contributed by atoms with van der Waals surface area (Å²) in [4.78, 5) is 11.3. The van der Waals surface area contributed by atoms with Crippen molar-refractivity contribution >= 4 is 18.1 Å². The standard InChI is InChI=1S/C30H38O4.C25H32O2/c1-5-30(6-2,24-9-8-23(21(3)18-24)14-17-29(32)15-7-16-29)25-10-12-27(22(4)19-25)33-20-26-11-13-28(31)34-26;1-5-25(6-2,22-10-11-23(26)19(4)17-22)21-9-8-20(18(3)16-21)12-15-24(27)13-7-14-24/h8-10,12,14,17-19,26,32H,5-7,11,13,15-16,20H2,1-4H3;8-12,15-17,26-27H,5-7,13-14H2,1-4H3/b17-14+;15-12+/t26-;/m0./s1. The third kappa shape index (κ3) is 10.0. The Kier molecular flexibility index (Phi) is 14.4. The summed E-state index contributed by atoms with van der Waals surface area (Å²) in [6.45, 7) is 17.7. The SMILES string of the molecule is CCC(CC)(c1ccc(/C=C/C2(O)CCC2)c(C)c1)c1ccc(OC[C@@H]2CCC(=O)O2)c(C)c1.CCC(CC)(c1ccc(O)c(C)c1)c1ccc(/C=C/C2(O)CCC2)c(C)c1. The fraction of sp³-hybridized carbons (Fsp3) is 0.473. The number of benzene rings is 4. The molecule has 0 spiro atoms. The van der Waals surface area contributed by atoms with Crippen LogP contribution in [0.25, 0.3) is 12.2 Å². The summed E-state index contributed by atoms with van der Waals surface area (Å²) < 4.78 is 11.3. The van der Waals surface area contributed by atoms with Gasteiger partial charge in [-0.05, 0) is 166 Å². The molecule has 1 heterocycles. The van der Waals surface area contributed by atoms with Gasteiger partial charge in [-0.25, -0.2) is 0 Å². The Bertz CT molecular complexity index is 2210. The van der Waals surface area contributed by atoms with Crippen LogP contribution < -0.4 is 4.74 Å². The number of cyclic esters (lactones) is 1. The van der Waals surface area contributed by atoms with Crippen LogP contribution in [0.3, 0.4) is 0 Å². The quantitative estimate of drug-likeness (QED) is 0.103. The number of phenolic OH excluding ortho intramolecular Hbond substituents is 1. The summed E-state index contributed by atoms with van der Waals surface area (Å²) in [6, 6.07) is 25.9. The number of esters is 1. The molecule has 0 unspecified atom stereocenters. The number of rotatable bonds is 15. The summed E-state index contributed by atoms with van der Waals surface area (Å²) in [5.74, 6) is 1.07. The highest BCUT2D eigenvalue weighted by Gasteiger charge is 2.35. The molecule has 61 heavy (non-hydrogen) atoms. The van der Waals surface area contributed by atoms with Crippen LogP contribution in [0.4, 0.5) is 0 Å². The minimum Gasteiger partial charge on any atom is -0.508 e. The zero-order valence-corrected chi connectivity index (χ0v) is 38.1. The van der Waals surface area contributed by atoms with E-state index in [1.165, 1.54) is 38.9 Å². The maximum atomic E-state index is 11.3. The van der Waals surface area contributed by atoms with Gasteiger partial charge in [0.1, 0.15) is 24.2 Å². The molecular formula is C55H70O6. The van der Waals surface area contributed by atoms with E-state index in [9.17, 15) is 20.1 Å². The topological polar surface area (TPSA) is 96.2 Å². The van der Waals surface area contributed by atoms with Gasteiger partial charge < -0.3 is 24.8 Å². The lowest BCUT2D eigenvalue weighted by Crippen LogP contribution is -2.33. The van der Waals surface area contributed by atoms with Crippen molar-refractivity contribution in [2.24, 2.45) is 0 Å². The molecule has 1 atom stereocenters. The van der Waals surface area contributed by atoms with Gasteiger partial charge in [-0.3, -0.25) is 4.79 Å². The number of hydrogen-bond donors (Lipinski definition) is 3. The highest BCUT2D eigenvalue weighted by molar-refractivity contribution is 5.71. The smallest absolute Gasteiger partial charge is 0.306 e. The molecule has 2 saturated carbocycles. The predicted octanol–water partition coefficient (Wildman–Crippen LogP) is 12.5. The zero-order valence-electron chi connectivity index (χ0n) is 38.1. The molecule has 7 rings (SSSR count). The largest absolute Gasteiger partial charge is 0.508 e. The Labute approximate surface area is 365 Å². The number of carbonyl (C=O) groups excluding carboxylic acids is 1. The molecule has 6 heteroatoms. The lowest BCUT2D eigenvalue weighted by Gasteiger charge is -2.34. The van der Waals surface area contributed by atoms with E-state index >= 15 is 0 Å². The Morgan fingerprint density at radius 1 is 0.639 bits per heavy atom. The molecule has 0 amide bonds. The molecule has 1 aliphatic heterocycles. The molecule has 0 bridgehead atoms. The van der Waals surface area contributed by atoms with Crippen LogP contribution in [0, 0.1) is 27.7 Å². The molecule has 4 aromatic rings. The molecular weight excluding hydrogens is 757 g/mol. The first kappa shape index (κ1) is 45.9. The summed E-state index contributed by atoms with van der Waals surface area (Å²) in [5, 5.41) is 30.7. The van der Waals surface area contributed by atoms with E-state index in [4.69, 9.17) is 9.47 Å². The predicted molar refractivity (Wildman–Crippen MR) is 249 cm³/mol. The van der Waals surface area contributed by atoms with E-state index in [0.29, 0.717) is 18.8 Å². The first-order valence-electron chi connectivity index (χ1n) is 22.9. The van der Waals surface area contributed by atoms with Crippen molar-refractivity contribution in [2.45, 2.75) is 161 Å². The summed E-state index contributed by atoms with van der Waals surface area (Å²) in [5.41, 5.74) is 10.7. The molecule has 326 valence electrons. The maximum Gasteiger partial charge on any atom is 0.306 e. The number of aryl methyl sites for hydroxylation is 4. The van der Waals surface area contributed by atoms with Gasteiger partial charge in [0.25, 0.3) is 0 Å². The first-order chi connectivity index (χ1) is 29.1. The zero-order chi connectivity index (χ0) is 44.0. The van der Waals surface area contributed by atoms with Gasteiger partial charge in [0, 0.05) is 17.3 Å². The van der Waals surface area contributed by atoms with Gasteiger partial charge in [0.15, 0.2) is 0 Å². The van der Waals surface area contributed by atoms with Crippen LogP contribution in [0.15, 0.2) is 84.9 Å². The summed E-state index contributed by atoms with van der Waals surface area (Å²) in [7, 11) is 0. The second-order valence-corrected chi connectivity index (χ2v) is 18.2. The van der Waals surface area contributed by atoms with Crippen molar-refractivity contribution in [3.63, 3.8) is 0 Å². The van der Waals surface area contributed by atoms with Crippen LogP contribution in [0.2, 0.25) is 0 Å². The fourth-order valence-corrected chi connectivity index (χ4v) is 9.63. The lowest BCUT2D eigenvalue weighted by atomic mass is 9.70. The average Bonchev–Trinajstić information content (AvgIpc) is 3.65. The monoisotopic (exact) mass is 827 g/mol. The minimum atomic E-state index is -0.609. The van der Waals surface area contributed by atoms with Gasteiger partial charge in [-0.15, -0.1) is 0 Å². The van der Waals surface area contributed by atoms with Gasteiger partial charge in [-0.2, -0.15) is 0 Å². The van der Waals surface area contributed by atoms with Crippen molar-refractivity contribution in [1.82, 2.24) is 0 Å². The van der Waals surface area contributed by atoms with E-state index < -0.39 is 11.2 Å². The van der Waals surface area contributed by atoms with Crippen LogP contribution in [0.5, 0.6) is 11.5 Å². The van der Waals surface area contributed by atoms with Crippen LogP contribution >= 0.6 is 0 Å². The van der Waals surface area contributed by atoms with Crippen LogP contribution in [-0.2, 0) is 20.4 Å². The molecule has 6 nitrogen and oxygen atoms in total. The van der Waals surface area contributed by atoms with Gasteiger partial charge >= 0.3 is 5.97 Å². The summed E-state index contributed by atoms with van der Waals surface area (Å²) >= 11 is 0. The highest BCUT2D eigenvalue weighted by atomic mass is 16.6. The third-order valence-electron chi connectivity index (χ3n) is 14.5. The Morgan fingerprint density at radius 3 is 1.43 bits per heavy atom. The fourth-order valence-electron chi connectivity index (χ4n) is 9.63. The second kappa shape index (κ2) is 19.2. The second-order valence-electron chi connectivity index (χ2n) is 18.2. The average molecular weight is 827 g/mol. The molecule has 3 N–H and O–H groups in total. The van der Waals surface area contributed by atoms with Crippen molar-refractivity contribution in [3.05, 3.63) is 141 Å². The van der Waals surface area contributed by atoms with Crippen molar-refractivity contribution in [2.75, 3.05) is 6.61 Å². The first-order valence-corrected chi connectivity index (χ1v) is 22.9. The highest BCUT2D eigenvalue weighted by Crippen LogP contribution is 2.43. The summed E-state index contributed by atoms with van der Waals surface area (Å²) in [6.07, 6.45) is 18.8. The van der Waals surface area contributed by atoms with Crippen molar-refractivity contribution in [1.29, 1.82) is 0 Å².